The average molecular weight is 315 g/mol. The number of nitrogens with one attached hydrogen (secondary N) is 1. The van der Waals surface area contributed by atoms with Crippen LogP contribution in [0.1, 0.15) is 33.6 Å². The van der Waals surface area contributed by atoms with Crippen molar-refractivity contribution >= 4 is 20.2 Å². The zero-order valence-corrected chi connectivity index (χ0v) is 15.1. The second-order valence-corrected chi connectivity index (χ2v) is 12.1. The van der Waals surface area contributed by atoms with Crippen LogP contribution in [0.5, 0.6) is 0 Å². The first kappa shape index (κ1) is 18.2. The summed E-state index contributed by atoms with van der Waals surface area (Å²) in [4.78, 5) is 23.4. The molecule has 5 nitrogen and oxygen atoms in total. The molecule has 0 aliphatic carbocycles. The average Bonchev–Trinajstić information content (AvgIpc) is 2.36. The maximum atomic E-state index is 11.8. The molecule has 0 spiro atoms. The van der Waals surface area contributed by atoms with Gasteiger partial charge in [-0.3, -0.25) is 9.59 Å². The van der Waals surface area contributed by atoms with E-state index in [1.807, 2.05) is 0 Å². The first-order chi connectivity index (χ1) is 9.58. The van der Waals surface area contributed by atoms with E-state index in [4.69, 9.17) is 9.16 Å². The molecule has 1 saturated heterocycles. The van der Waals surface area contributed by atoms with E-state index in [1.54, 1.807) is 0 Å². The summed E-state index contributed by atoms with van der Waals surface area (Å²) >= 11 is 0. The SMILES string of the molecule is COC(=O)[C@@H]1CNC(=O)C[C@H]1CCO[Si](C)(C)C(C)(C)C. The van der Waals surface area contributed by atoms with E-state index in [2.05, 4.69) is 39.2 Å². The normalized spacial score (nSPS) is 23.6. The van der Waals surface area contributed by atoms with Crippen molar-refractivity contribution < 1.29 is 18.8 Å². The molecule has 0 aromatic carbocycles. The van der Waals surface area contributed by atoms with Gasteiger partial charge in [-0.05, 0) is 30.5 Å². The number of carbonyl (C=O) groups excluding carboxylic acids is 2. The second-order valence-electron chi connectivity index (χ2n) is 7.30. The molecule has 0 aromatic heterocycles. The van der Waals surface area contributed by atoms with E-state index < -0.39 is 8.32 Å². The topological polar surface area (TPSA) is 64.6 Å². The lowest BCUT2D eigenvalue weighted by atomic mass is 9.84. The minimum Gasteiger partial charge on any atom is -0.469 e. The number of piperidine rings is 1. The van der Waals surface area contributed by atoms with Crippen molar-refractivity contribution in [1.82, 2.24) is 5.32 Å². The Kier molecular flexibility index (Phi) is 5.98. The van der Waals surface area contributed by atoms with Gasteiger partial charge in [-0.1, -0.05) is 20.8 Å². The molecule has 1 amide bonds. The molecule has 122 valence electrons. The largest absolute Gasteiger partial charge is 0.469 e. The van der Waals surface area contributed by atoms with Crippen LogP contribution in [0.3, 0.4) is 0 Å². The highest BCUT2D eigenvalue weighted by Crippen LogP contribution is 2.37. The molecular weight excluding hydrogens is 286 g/mol. The van der Waals surface area contributed by atoms with Crippen LogP contribution < -0.4 is 5.32 Å². The van der Waals surface area contributed by atoms with Crippen molar-refractivity contribution in [1.29, 1.82) is 0 Å². The van der Waals surface area contributed by atoms with Crippen molar-refractivity contribution in [2.24, 2.45) is 11.8 Å². The molecule has 2 atom stereocenters. The van der Waals surface area contributed by atoms with Gasteiger partial charge < -0.3 is 14.5 Å². The summed E-state index contributed by atoms with van der Waals surface area (Å²) in [5, 5.41) is 2.90. The first-order valence-corrected chi connectivity index (χ1v) is 10.5. The van der Waals surface area contributed by atoms with Gasteiger partial charge in [0.15, 0.2) is 8.32 Å². The Balaban J connectivity index is 2.58. The fourth-order valence-corrected chi connectivity index (χ4v) is 3.32. The number of hydrogen-bond acceptors (Lipinski definition) is 4. The van der Waals surface area contributed by atoms with Gasteiger partial charge >= 0.3 is 5.97 Å². The highest BCUT2D eigenvalue weighted by atomic mass is 28.4. The Hall–Kier alpha value is -0.883. The molecule has 0 aromatic rings. The third kappa shape index (κ3) is 4.81. The Labute approximate surface area is 128 Å². The zero-order valence-electron chi connectivity index (χ0n) is 14.1. The number of hydrogen-bond donors (Lipinski definition) is 1. The molecule has 21 heavy (non-hydrogen) atoms. The molecule has 1 aliphatic heterocycles. The predicted molar refractivity (Wildman–Crippen MR) is 84.4 cm³/mol. The summed E-state index contributed by atoms with van der Waals surface area (Å²) in [7, 11) is -0.390. The van der Waals surface area contributed by atoms with Crippen molar-refractivity contribution in [2.45, 2.75) is 51.7 Å². The molecule has 0 saturated carbocycles. The molecular formula is C15H29NO4Si. The second kappa shape index (κ2) is 6.92. The lowest BCUT2D eigenvalue weighted by Gasteiger charge is -2.37. The van der Waals surface area contributed by atoms with E-state index in [1.165, 1.54) is 7.11 Å². The molecule has 0 bridgehead atoms. The maximum absolute atomic E-state index is 11.8. The van der Waals surface area contributed by atoms with Crippen LogP contribution >= 0.6 is 0 Å². The monoisotopic (exact) mass is 315 g/mol. The first-order valence-electron chi connectivity index (χ1n) is 7.57. The Morgan fingerprint density at radius 2 is 2.00 bits per heavy atom. The van der Waals surface area contributed by atoms with Crippen LogP contribution in [-0.2, 0) is 18.8 Å². The van der Waals surface area contributed by atoms with Crippen molar-refractivity contribution in [3.8, 4) is 0 Å². The summed E-state index contributed by atoms with van der Waals surface area (Å²) in [6.45, 7) is 12.0. The number of ether oxygens (including phenoxy) is 1. The zero-order chi connectivity index (χ0) is 16.3. The van der Waals surface area contributed by atoms with Gasteiger partial charge in [0, 0.05) is 19.6 Å². The van der Waals surface area contributed by atoms with Gasteiger partial charge in [-0.15, -0.1) is 0 Å². The van der Waals surface area contributed by atoms with Gasteiger partial charge in [0.2, 0.25) is 5.91 Å². The summed E-state index contributed by atoms with van der Waals surface area (Å²) in [5.41, 5.74) is 0. The standard InChI is InChI=1S/C15H29NO4Si/c1-15(2,3)21(5,6)20-8-7-11-9-13(17)16-10-12(11)14(18)19-4/h11-12H,7-10H2,1-6H3,(H,16,17)/t11-,12-/m1/s1. The Bertz CT molecular complexity index is 390. The van der Waals surface area contributed by atoms with E-state index in [0.29, 0.717) is 19.6 Å². The van der Waals surface area contributed by atoms with Gasteiger partial charge in [-0.2, -0.15) is 0 Å². The molecule has 1 heterocycles. The molecule has 1 aliphatic rings. The van der Waals surface area contributed by atoms with Crippen LogP contribution in [0.4, 0.5) is 0 Å². The van der Waals surface area contributed by atoms with Crippen LogP contribution in [0.2, 0.25) is 18.1 Å². The van der Waals surface area contributed by atoms with Crippen LogP contribution in [0.25, 0.3) is 0 Å². The third-order valence-corrected chi connectivity index (χ3v) is 9.34. The third-order valence-electron chi connectivity index (χ3n) is 4.80. The summed E-state index contributed by atoms with van der Waals surface area (Å²) in [6.07, 6.45) is 1.10. The smallest absolute Gasteiger partial charge is 0.310 e. The van der Waals surface area contributed by atoms with E-state index in [-0.39, 0.29) is 28.8 Å². The van der Waals surface area contributed by atoms with E-state index >= 15 is 0 Å². The minimum absolute atomic E-state index is 0.00693. The van der Waals surface area contributed by atoms with Crippen molar-refractivity contribution in [3.05, 3.63) is 0 Å². The van der Waals surface area contributed by atoms with E-state index in [9.17, 15) is 9.59 Å². The number of amides is 1. The summed E-state index contributed by atoms with van der Waals surface area (Å²) in [5.74, 6) is -0.480. The van der Waals surface area contributed by atoms with Crippen LogP contribution in [0, 0.1) is 11.8 Å². The van der Waals surface area contributed by atoms with Gasteiger partial charge in [-0.25, -0.2) is 0 Å². The number of esters is 1. The molecule has 1 N–H and O–H groups in total. The number of carbonyl (C=O) groups is 2. The van der Waals surface area contributed by atoms with Crippen LogP contribution in [-0.4, -0.2) is 40.5 Å². The fourth-order valence-electron chi connectivity index (χ4n) is 2.26. The quantitative estimate of drug-likeness (QED) is 0.624. The fraction of sp³-hybridized carbons (Fsp3) is 0.867. The molecule has 0 unspecified atom stereocenters. The Morgan fingerprint density at radius 1 is 1.38 bits per heavy atom. The number of methoxy groups -OCH3 is 1. The lowest BCUT2D eigenvalue weighted by molar-refractivity contribution is -0.149. The van der Waals surface area contributed by atoms with Crippen molar-refractivity contribution in [2.75, 3.05) is 20.3 Å². The highest BCUT2D eigenvalue weighted by Gasteiger charge is 2.38. The van der Waals surface area contributed by atoms with E-state index in [0.717, 1.165) is 6.42 Å². The lowest BCUT2D eigenvalue weighted by Crippen LogP contribution is -2.46. The maximum Gasteiger partial charge on any atom is 0.310 e. The summed E-state index contributed by atoms with van der Waals surface area (Å²) < 4.78 is 11.0. The Morgan fingerprint density at radius 3 is 2.52 bits per heavy atom. The summed E-state index contributed by atoms with van der Waals surface area (Å²) in [6, 6.07) is 0. The molecule has 6 heteroatoms. The highest BCUT2D eigenvalue weighted by molar-refractivity contribution is 6.74. The molecule has 0 radical (unpaired) electrons. The molecule has 1 fully saturated rings. The van der Waals surface area contributed by atoms with Crippen molar-refractivity contribution in [3.63, 3.8) is 0 Å². The van der Waals surface area contributed by atoms with Gasteiger partial charge in [0.25, 0.3) is 0 Å². The predicted octanol–water partition coefficient (Wildman–Crippen LogP) is 2.32. The van der Waals surface area contributed by atoms with Crippen LogP contribution in [0.15, 0.2) is 0 Å². The van der Waals surface area contributed by atoms with Gasteiger partial charge in [0.05, 0.1) is 13.0 Å². The molecule has 1 rings (SSSR count). The van der Waals surface area contributed by atoms with Gasteiger partial charge in [0.1, 0.15) is 0 Å². The number of rotatable bonds is 5. The minimum atomic E-state index is -1.78.